The summed E-state index contributed by atoms with van der Waals surface area (Å²) in [4.78, 5) is 4.74. The van der Waals surface area contributed by atoms with Gasteiger partial charge in [0, 0.05) is 5.56 Å². The smallest absolute Gasteiger partial charge is 0.128 e. The fourth-order valence-electron chi connectivity index (χ4n) is 3.89. The topological polar surface area (TPSA) is 24.4 Å². The van der Waals surface area contributed by atoms with E-state index in [4.69, 9.17) is 4.99 Å². The van der Waals surface area contributed by atoms with Crippen molar-refractivity contribution in [3.63, 3.8) is 0 Å². The second-order valence-electron chi connectivity index (χ2n) is 6.46. The molecule has 1 N–H and O–H groups in total. The quantitative estimate of drug-likeness (QED) is 0.585. The van der Waals surface area contributed by atoms with Gasteiger partial charge in [0.05, 0.1) is 12.6 Å². The molecule has 0 saturated heterocycles. The third-order valence-corrected chi connectivity index (χ3v) is 5.05. The van der Waals surface area contributed by atoms with Gasteiger partial charge in [-0.25, -0.2) is 0 Å². The number of fused-ring (bicyclic) bond motifs is 3. The molecule has 1 aliphatic heterocycles. The molecule has 0 radical (unpaired) electrons. The van der Waals surface area contributed by atoms with Crippen molar-refractivity contribution in [2.45, 2.75) is 12.5 Å². The summed E-state index contributed by atoms with van der Waals surface area (Å²) in [6.07, 6.45) is 1.03. The van der Waals surface area contributed by atoms with Crippen molar-refractivity contribution in [1.29, 1.82) is 0 Å². The standard InChI is InChI=1S/C22H18N2/c1-2-7-15(8-3-1)22-23-14-21(24-22)19-12-6-11-18-17-10-5-4-9-16(17)13-20(18)19/h1-12,21H,13-14H2,(H,23,24). The van der Waals surface area contributed by atoms with Gasteiger partial charge in [-0.3, -0.25) is 4.99 Å². The van der Waals surface area contributed by atoms with E-state index in [1.807, 2.05) is 6.07 Å². The Kier molecular flexibility index (Phi) is 3.02. The molecule has 2 nitrogen and oxygen atoms in total. The van der Waals surface area contributed by atoms with Gasteiger partial charge in [0.1, 0.15) is 5.84 Å². The molecule has 5 rings (SSSR count). The Morgan fingerprint density at radius 1 is 0.792 bits per heavy atom. The molecule has 1 aliphatic carbocycles. The van der Waals surface area contributed by atoms with Crippen LogP contribution in [0.25, 0.3) is 11.1 Å². The van der Waals surface area contributed by atoms with Crippen molar-refractivity contribution in [3.05, 3.63) is 95.1 Å². The van der Waals surface area contributed by atoms with E-state index >= 15 is 0 Å². The van der Waals surface area contributed by atoms with Gasteiger partial charge in [-0.05, 0) is 34.2 Å². The maximum Gasteiger partial charge on any atom is 0.128 e. The van der Waals surface area contributed by atoms with Gasteiger partial charge in [0.2, 0.25) is 0 Å². The highest BCUT2D eigenvalue weighted by Crippen LogP contribution is 2.40. The van der Waals surface area contributed by atoms with Crippen LogP contribution in [0.2, 0.25) is 0 Å². The van der Waals surface area contributed by atoms with Gasteiger partial charge in [0.25, 0.3) is 0 Å². The van der Waals surface area contributed by atoms with E-state index < -0.39 is 0 Å². The van der Waals surface area contributed by atoms with E-state index in [1.54, 1.807) is 0 Å². The summed E-state index contributed by atoms with van der Waals surface area (Å²) < 4.78 is 0. The number of nitrogens with zero attached hydrogens (tertiary/aromatic N) is 1. The fraction of sp³-hybridized carbons (Fsp3) is 0.136. The van der Waals surface area contributed by atoms with Crippen molar-refractivity contribution in [3.8, 4) is 11.1 Å². The maximum absolute atomic E-state index is 4.74. The van der Waals surface area contributed by atoms with Crippen LogP contribution in [0.1, 0.15) is 28.3 Å². The van der Waals surface area contributed by atoms with Crippen LogP contribution in [0.3, 0.4) is 0 Å². The molecule has 0 aromatic heterocycles. The Morgan fingerprint density at radius 3 is 2.50 bits per heavy atom. The molecule has 24 heavy (non-hydrogen) atoms. The summed E-state index contributed by atoms with van der Waals surface area (Å²) >= 11 is 0. The molecule has 2 aliphatic rings. The highest BCUT2D eigenvalue weighted by Gasteiger charge is 2.27. The van der Waals surface area contributed by atoms with Crippen LogP contribution in [0.15, 0.2) is 77.8 Å². The number of amidine groups is 1. The third-order valence-electron chi connectivity index (χ3n) is 5.05. The molecule has 0 spiro atoms. The van der Waals surface area contributed by atoms with E-state index in [0.29, 0.717) is 0 Å². The molecule has 116 valence electrons. The highest BCUT2D eigenvalue weighted by atomic mass is 15.1. The molecule has 1 heterocycles. The Labute approximate surface area is 141 Å². The molecule has 0 saturated carbocycles. The predicted octanol–water partition coefficient (Wildman–Crippen LogP) is 4.35. The van der Waals surface area contributed by atoms with Crippen molar-refractivity contribution in [1.82, 2.24) is 5.32 Å². The van der Waals surface area contributed by atoms with Crippen molar-refractivity contribution in [2.75, 3.05) is 6.54 Å². The molecular weight excluding hydrogens is 292 g/mol. The first-order valence-electron chi connectivity index (χ1n) is 8.46. The minimum absolute atomic E-state index is 0.268. The monoisotopic (exact) mass is 310 g/mol. The van der Waals surface area contributed by atoms with E-state index in [9.17, 15) is 0 Å². The molecular formula is C22H18N2. The van der Waals surface area contributed by atoms with Gasteiger partial charge in [-0.2, -0.15) is 0 Å². The van der Waals surface area contributed by atoms with E-state index in [0.717, 1.165) is 24.4 Å². The van der Waals surface area contributed by atoms with Crippen molar-refractivity contribution < 1.29 is 0 Å². The number of rotatable bonds is 2. The molecule has 0 fully saturated rings. The molecule has 0 bridgehead atoms. The van der Waals surface area contributed by atoms with Crippen molar-refractivity contribution >= 4 is 5.84 Å². The first-order chi connectivity index (χ1) is 11.9. The minimum atomic E-state index is 0.268. The lowest BCUT2D eigenvalue weighted by molar-refractivity contribution is 0.703. The zero-order valence-electron chi connectivity index (χ0n) is 13.4. The SMILES string of the molecule is c1ccc(C2=NCC(c3cccc4c3Cc3ccccc3-4)N2)cc1. The summed E-state index contributed by atoms with van der Waals surface area (Å²) in [7, 11) is 0. The summed E-state index contributed by atoms with van der Waals surface area (Å²) in [5.74, 6) is 1.01. The summed E-state index contributed by atoms with van der Waals surface area (Å²) in [5, 5.41) is 3.63. The predicted molar refractivity (Wildman–Crippen MR) is 98.4 cm³/mol. The summed E-state index contributed by atoms with van der Waals surface area (Å²) in [6, 6.07) is 26.1. The van der Waals surface area contributed by atoms with Gasteiger partial charge in [-0.15, -0.1) is 0 Å². The molecule has 0 amide bonds. The third kappa shape index (κ3) is 2.07. The Bertz CT molecular complexity index is 941. The Balaban J connectivity index is 1.48. The fourth-order valence-corrected chi connectivity index (χ4v) is 3.89. The van der Waals surface area contributed by atoms with Gasteiger partial charge >= 0.3 is 0 Å². The lowest BCUT2D eigenvalue weighted by Gasteiger charge is -2.16. The first-order valence-corrected chi connectivity index (χ1v) is 8.46. The van der Waals surface area contributed by atoms with E-state index in [1.165, 1.54) is 27.8 Å². The Hall–Kier alpha value is -2.87. The van der Waals surface area contributed by atoms with E-state index in [-0.39, 0.29) is 6.04 Å². The number of nitrogens with one attached hydrogen (secondary N) is 1. The average molecular weight is 310 g/mol. The largest absolute Gasteiger partial charge is 0.361 e. The number of benzene rings is 3. The van der Waals surface area contributed by atoms with Crippen LogP contribution in [-0.4, -0.2) is 12.4 Å². The van der Waals surface area contributed by atoms with Crippen molar-refractivity contribution in [2.24, 2.45) is 4.99 Å². The lowest BCUT2D eigenvalue weighted by Crippen LogP contribution is -2.24. The zero-order valence-corrected chi connectivity index (χ0v) is 13.4. The van der Waals surface area contributed by atoms with Gasteiger partial charge in [-0.1, -0.05) is 72.8 Å². The second kappa shape index (κ2) is 5.34. The zero-order chi connectivity index (χ0) is 15.9. The average Bonchev–Trinajstić information content (AvgIpc) is 3.27. The lowest BCUT2D eigenvalue weighted by atomic mass is 9.96. The normalized spacial score (nSPS) is 17.8. The maximum atomic E-state index is 4.74. The summed E-state index contributed by atoms with van der Waals surface area (Å²) in [5.41, 5.74) is 8.21. The summed E-state index contributed by atoms with van der Waals surface area (Å²) in [6.45, 7) is 0.803. The molecule has 2 heteroatoms. The van der Waals surface area contributed by atoms with Crippen LogP contribution < -0.4 is 5.32 Å². The number of hydrogen-bond acceptors (Lipinski definition) is 2. The molecule has 1 atom stereocenters. The van der Waals surface area contributed by atoms with Crippen LogP contribution in [0.5, 0.6) is 0 Å². The van der Waals surface area contributed by atoms with Crippen LogP contribution in [0, 0.1) is 0 Å². The highest BCUT2D eigenvalue weighted by molar-refractivity contribution is 6.00. The number of aliphatic imine (C=N–C) groups is 1. The molecule has 3 aromatic rings. The second-order valence-corrected chi connectivity index (χ2v) is 6.46. The van der Waals surface area contributed by atoms with Gasteiger partial charge in [0.15, 0.2) is 0 Å². The van der Waals surface area contributed by atoms with Crippen LogP contribution in [-0.2, 0) is 6.42 Å². The van der Waals surface area contributed by atoms with Gasteiger partial charge < -0.3 is 5.32 Å². The van der Waals surface area contributed by atoms with Crippen LogP contribution in [0.4, 0.5) is 0 Å². The number of hydrogen-bond donors (Lipinski definition) is 1. The first kappa shape index (κ1) is 13.6. The Morgan fingerprint density at radius 2 is 1.58 bits per heavy atom. The minimum Gasteiger partial charge on any atom is -0.361 e. The molecule has 3 aromatic carbocycles. The van der Waals surface area contributed by atoms with E-state index in [2.05, 4.69) is 72.0 Å². The molecule has 1 unspecified atom stereocenters. The van der Waals surface area contributed by atoms with Crippen LogP contribution >= 0.6 is 0 Å².